The number of hydrogen-bond acceptors (Lipinski definition) is 2. The summed E-state index contributed by atoms with van der Waals surface area (Å²) in [5.74, 6) is -0.620. The molecule has 2 N–H and O–H groups in total. The number of halogens is 1. The molecule has 0 aliphatic carbocycles. The highest BCUT2D eigenvalue weighted by molar-refractivity contribution is 5.94. The van der Waals surface area contributed by atoms with Gasteiger partial charge in [-0.1, -0.05) is 20.8 Å². The average Bonchev–Trinajstić information content (AvgIpc) is 2.28. The normalized spacial score (nSPS) is 13.2. The Morgan fingerprint density at radius 1 is 1.33 bits per heavy atom. The van der Waals surface area contributed by atoms with E-state index in [-0.39, 0.29) is 17.1 Å². The van der Waals surface area contributed by atoms with Crippen LogP contribution in [0.4, 0.5) is 4.39 Å². The molecule has 1 aromatic rings. The molecule has 0 bridgehead atoms. The van der Waals surface area contributed by atoms with Crippen LogP contribution in [0.15, 0.2) is 24.3 Å². The molecule has 100 valence electrons. The van der Waals surface area contributed by atoms with Gasteiger partial charge in [0.25, 0.3) is 5.91 Å². The fraction of sp³-hybridized carbons (Fsp3) is 0.500. The summed E-state index contributed by atoms with van der Waals surface area (Å²) in [7, 11) is 0. The van der Waals surface area contributed by atoms with Gasteiger partial charge in [0.1, 0.15) is 5.82 Å². The summed E-state index contributed by atoms with van der Waals surface area (Å²) < 4.78 is 12.7. The molecule has 0 aliphatic heterocycles. The molecule has 0 spiro atoms. The molecule has 0 saturated carbocycles. The van der Waals surface area contributed by atoms with Crippen LogP contribution in [-0.2, 0) is 0 Å². The molecule has 1 aromatic carbocycles. The summed E-state index contributed by atoms with van der Waals surface area (Å²) in [5, 5.41) is 12.5. The standard InChI is InChI=1S/C14H20FNO2/c1-14(2,3)12(17)8-9-16-13(18)10-4-6-11(15)7-5-10/h4-7,12,17H,8-9H2,1-3H3,(H,16,18). The van der Waals surface area contributed by atoms with Gasteiger partial charge in [0.15, 0.2) is 0 Å². The molecule has 0 aromatic heterocycles. The van der Waals surface area contributed by atoms with Crippen molar-refractivity contribution >= 4 is 5.91 Å². The van der Waals surface area contributed by atoms with Crippen molar-refractivity contribution in [1.82, 2.24) is 5.32 Å². The predicted molar refractivity (Wildman–Crippen MR) is 68.8 cm³/mol. The number of carbonyl (C=O) groups excluding carboxylic acids is 1. The quantitative estimate of drug-likeness (QED) is 0.865. The SMILES string of the molecule is CC(C)(C)C(O)CCNC(=O)c1ccc(F)cc1. The van der Waals surface area contributed by atoms with Crippen molar-refractivity contribution in [2.24, 2.45) is 5.41 Å². The molecule has 1 rings (SSSR count). The number of hydrogen-bond donors (Lipinski definition) is 2. The molecule has 1 amide bonds. The second-order valence-corrected chi connectivity index (χ2v) is 5.43. The van der Waals surface area contributed by atoms with Crippen molar-refractivity contribution in [2.75, 3.05) is 6.54 Å². The van der Waals surface area contributed by atoms with E-state index in [1.165, 1.54) is 24.3 Å². The maximum atomic E-state index is 12.7. The Labute approximate surface area is 107 Å². The first kappa shape index (κ1) is 14.6. The van der Waals surface area contributed by atoms with Gasteiger partial charge in [-0.2, -0.15) is 0 Å². The Morgan fingerprint density at radius 3 is 2.39 bits per heavy atom. The first-order valence-electron chi connectivity index (χ1n) is 6.02. The first-order chi connectivity index (χ1) is 8.30. The van der Waals surface area contributed by atoms with Gasteiger partial charge < -0.3 is 10.4 Å². The van der Waals surface area contributed by atoms with Gasteiger partial charge in [-0.3, -0.25) is 4.79 Å². The van der Waals surface area contributed by atoms with Gasteiger partial charge in [0.05, 0.1) is 6.10 Å². The topological polar surface area (TPSA) is 49.3 Å². The molecule has 0 aliphatic rings. The highest BCUT2D eigenvalue weighted by atomic mass is 19.1. The molecule has 3 nitrogen and oxygen atoms in total. The zero-order chi connectivity index (χ0) is 13.8. The third-order valence-corrected chi connectivity index (χ3v) is 2.81. The van der Waals surface area contributed by atoms with Gasteiger partial charge in [-0.25, -0.2) is 4.39 Å². The van der Waals surface area contributed by atoms with Crippen LogP contribution < -0.4 is 5.32 Å². The summed E-state index contributed by atoms with van der Waals surface area (Å²) in [5.41, 5.74) is 0.224. The molecule has 4 heteroatoms. The predicted octanol–water partition coefficient (Wildman–Crippen LogP) is 2.35. The van der Waals surface area contributed by atoms with Crippen LogP contribution >= 0.6 is 0 Å². The second-order valence-electron chi connectivity index (χ2n) is 5.43. The minimum atomic E-state index is -0.467. The molecular weight excluding hydrogens is 233 g/mol. The van der Waals surface area contributed by atoms with E-state index in [1.54, 1.807) is 0 Å². The molecule has 1 unspecified atom stereocenters. The first-order valence-corrected chi connectivity index (χ1v) is 6.02. The van der Waals surface area contributed by atoms with Crippen LogP contribution in [0, 0.1) is 11.2 Å². The third kappa shape index (κ3) is 4.45. The number of benzene rings is 1. The Morgan fingerprint density at radius 2 is 1.89 bits per heavy atom. The molecular formula is C14H20FNO2. The van der Waals surface area contributed by atoms with Crippen molar-refractivity contribution in [3.05, 3.63) is 35.6 Å². The van der Waals surface area contributed by atoms with Crippen LogP contribution in [0.1, 0.15) is 37.6 Å². The Bertz CT molecular complexity index is 395. The van der Waals surface area contributed by atoms with Crippen LogP contribution in [0.2, 0.25) is 0 Å². The zero-order valence-corrected chi connectivity index (χ0v) is 11.0. The number of aliphatic hydroxyl groups excluding tert-OH is 1. The van der Waals surface area contributed by atoms with Gasteiger partial charge in [0.2, 0.25) is 0 Å². The summed E-state index contributed by atoms with van der Waals surface area (Å²) >= 11 is 0. The molecule has 0 saturated heterocycles. The molecule has 1 atom stereocenters. The van der Waals surface area contributed by atoms with Gasteiger partial charge in [-0.05, 0) is 36.1 Å². The number of carbonyl (C=O) groups is 1. The fourth-order valence-corrected chi connectivity index (χ4v) is 1.46. The lowest BCUT2D eigenvalue weighted by molar-refractivity contribution is 0.0551. The van der Waals surface area contributed by atoms with Crippen molar-refractivity contribution in [2.45, 2.75) is 33.3 Å². The molecule has 0 heterocycles. The van der Waals surface area contributed by atoms with E-state index in [1.807, 2.05) is 20.8 Å². The van der Waals surface area contributed by atoms with Crippen LogP contribution in [0.25, 0.3) is 0 Å². The van der Waals surface area contributed by atoms with Gasteiger partial charge >= 0.3 is 0 Å². The van der Waals surface area contributed by atoms with Crippen molar-refractivity contribution in [1.29, 1.82) is 0 Å². The third-order valence-electron chi connectivity index (χ3n) is 2.81. The van der Waals surface area contributed by atoms with Gasteiger partial charge in [0, 0.05) is 12.1 Å². The Kier molecular flexibility index (Phi) is 4.84. The highest BCUT2D eigenvalue weighted by Crippen LogP contribution is 2.20. The smallest absolute Gasteiger partial charge is 0.251 e. The van der Waals surface area contributed by atoms with E-state index in [0.29, 0.717) is 18.5 Å². The lowest BCUT2D eigenvalue weighted by atomic mass is 9.87. The molecule has 0 fully saturated rings. The highest BCUT2D eigenvalue weighted by Gasteiger charge is 2.21. The minimum absolute atomic E-state index is 0.194. The summed E-state index contributed by atoms with van der Waals surface area (Å²) in [6, 6.07) is 5.37. The maximum absolute atomic E-state index is 12.7. The summed E-state index contributed by atoms with van der Waals surface area (Å²) in [6.45, 7) is 6.23. The molecule has 18 heavy (non-hydrogen) atoms. The van der Waals surface area contributed by atoms with E-state index < -0.39 is 6.10 Å². The Hall–Kier alpha value is -1.42. The average molecular weight is 253 g/mol. The van der Waals surface area contributed by atoms with Crippen molar-refractivity contribution in [3.63, 3.8) is 0 Å². The van der Waals surface area contributed by atoms with E-state index >= 15 is 0 Å². The van der Waals surface area contributed by atoms with Crippen molar-refractivity contribution in [3.8, 4) is 0 Å². The number of amides is 1. The lowest BCUT2D eigenvalue weighted by Crippen LogP contribution is -2.32. The second kappa shape index (κ2) is 5.96. The van der Waals surface area contributed by atoms with Crippen LogP contribution in [0.3, 0.4) is 0 Å². The van der Waals surface area contributed by atoms with E-state index in [0.717, 1.165) is 0 Å². The Balaban J connectivity index is 2.40. The number of rotatable bonds is 4. The summed E-state index contributed by atoms with van der Waals surface area (Å²) in [6.07, 6.45) is 0.0298. The van der Waals surface area contributed by atoms with Crippen molar-refractivity contribution < 1.29 is 14.3 Å². The van der Waals surface area contributed by atoms with Crippen LogP contribution in [-0.4, -0.2) is 23.7 Å². The van der Waals surface area contributed by atoms with E-state index in [2.05, 4.69) is 5.32 Å². The maximum Gasteiger partial charge on any atom is 0.251 e. The zero-order valence-electron chi connectivity index (χ0n) is 11.0. The molecule has 0 radical (unpaired) electrons. The minimum Gasteiger partial charge on any atom is -0.393 e. The largest absolute Gasteiger partial charge is 0.393 e. The van der Waals surface area contributed by atoms with E-state index in [4.69, 9.17) is 0 Å². The lowest BCUT2D eigenvalue weighted by Gasteiger charge is -2.25. The van der Waals surface area contributed by atoms with Crippen LogP contribution in [0.5, 0.6) is 0 Å². The number of aliphatic hydroxyl groups is 1. The monoisotopic (exact) mass is 253 g/mol. The summed E-state index contributed by atoms with van der Waals surface area (Å²) in [4.78, 5) is 11.7. The van der Waals surface area contributed by atoms with Gasteiger partial charge in [-0.15, -0.1) is 0 Å². The van der Waals surface area contributed by atoms with E-state index in [9.17, 15) is 14.3 Å². The number of nitrogens with one attached hydrogen (secondary N) is 1. The fourth-order valence-electron chi connectivity index (χ4n) is 1.46.